The second kappa shape index (κ2) is 7.38. The van der Waals surface area contributed by atoms with Crippen molar-refractivity contribution in [3.8, 4) is 0 Å². The van der Waals surface area contributed by atoms with E-state index in [0.29, 0.717) is 0 Å². The molecule has 0 unspecified atom stereocenters. The van der Waals surface area contributed by atoms with Crippen LogP contribution in [0.4, 0.5) is 5.13 Å². The van der Waals surface area contributed by atoms with Crippen LogP contribution in [0.15, 0.2) is 24.5 Å². The highest BCUT2D eigenvalue weighted by Crippen LogP contribution is 2.22. The quantitative estimate of drug-likeness (QED) is 0.839. The molecule has 6 heteroatoms. The zero-order valence-electron chi connectivity index (χ0n) is 14.2. The van der Waals surface area contributed by atoms with Gasteiger partial charge in [0.2, 0.25) is 0 Å². The van der Waals surface area contributed by atoms with Crippen LogP contribution in [0.2, 0.25) is 0 Å². The van der Waals surface area contributed by atoms with Gasteiger partial charge in [-0.15, -0.1) is 11.3 Å². The highest BCUT2D eigenvalue weighted by molar-refractivity contribution is 7.15. The number of hydrogen-bond acceptors (Lipinski definition) is 6. The minimum atomic E-state index is 0.964. The van der Waals surface area contributed by atoms with Crippen LogP contribution in [0.3, 0.4) is 0 Å². The van der Waals surface area contributed by atoms with E-state index >= 15 is 0 Å². The van der Waals surface area contributed by atoms with Gasteiger partial charge < -0.3 is 4.90 Å². The summed E-state index contributed by atoms with van der Waals surface area (Å²) in [5.41, 5.74) is 2.50. The number of piperazine rings is 1. The maximum absolute atomic E-state index is 4.51. The average molecular weight is 331 g/mol. The van der Waals surface area contributed by atoms with Gasteiger partial charge in [0.05, 0.1) is 5.69 Å². The van der Waals surface area contributed by atoms with Crippen LogP contribution in [0.5, 0.6) is 0 Å². The predicted octanol–water partition coefficient (Wildman–Crippen LogP) is 2.23. The molecule has 0 atom stereocenters. The van der Waals surface area contributed by atoms with Gasteiger partial charge in [0.25, 0.3) is 0 Å². The SMILES string of the molecule is Cc1cccnc1CN1CCN(Cc2cnc(N(C)C)s2)CC1. The fourth-order valence-electron chi connectivity index (χ4n) is 2.80. The Morgan fingerprint density at radius 3 is 2.39 bits per heavy atom. The number of thiazole rings is 1. The molecule has 0 N–H and O–H groups in total. The molecular formula is C17H25N5S. The smallest absolute Gasteiger partial charge is 0.185 e. The fourth-order valence-corrected chi connectivity index (χ4v) is 3.67. The van der Waals surface area contributed by atoms with Crippen LogP contribution in [0.25, 0.3) is 0 Å². The molecule has 0 aromatic carbocycles. The third kappa shape index (κ3) is 4.28. The number of pyridine rings is 1. The molecule has 2 aromatic rings. The van der Waals surface area contributed by atoms with E-state index in [1.165, 1.54) is 16.1 Å². The fraction of sp³-hybridized carbons (Fsp3) is 0.529. The molecule has 0 radical (unpaired) electrons. The minimum Gasteiger partial charge on any atom is -0.354 e. The largest absolute Gasteiger partial charge is 0.354 e. The van der Waals surface area contributed by atoms with E-state index in [1.54, 1.807) is 11.3 Å². The van der Waals surface area contributed by atoms with Crippen molar-refractivity contribution in [2.45, 2.75) is 20.0 Å². The molecule has 5 nitrogen and oxygen atoms in total. The normalized spacial score (nSPS) is 16.7. The lowest BCUT2D eigenvalue weighted by Gasteiger charge is -2.34. The van der Waals surface area contributed by atoms with Crippen LogP contribution in [0, 0.1) is 6.92 Å². The van der Waals surface area contributed by atoms with Gasteiger partial charge in [-0.3, -0.25) is 14.8 Å². The Labute approximate surface area is 142 Å². The Morgan fingerprint density at radius 1 is 1.09 bits per heavy atom. The zero-order valence-corrected chi connectivity index (χ0v) is 15.0. The van der Waals surface area contributed by atoms with Gasteiger partial charge in [0.15, 0.2) is 5.13 Å². The summed E-state index contributed by atoms with van der Waals surface area (Å²) in [5.74, 6) is 0. The zero-order chi connectivity index (χ0) is 16.2. The summed E-state index contributed by atoms with van der Waals surface area (Å²) in [4.78, 5) is 17.4. The monoisotopic (exact) mass is 331 g/mol. The molecule has 0 amide bonds. The second-order valence-electron chi connectivity index (χ2n) is 6.32. The van der Waals surface area contributed by atoms with Crippen molar-refractivity contribution in [2.24, 2.45) is 0 Å². The van der Waals surface area contributed by atoms with Crippen molar-refractivity contribution in [3.63, 3.8) is 0 Å². The highest BCUT2D eigenvalue weighted by atomic mass is 32.1. The van der Waals surface area contributed by atoms with Crippen LogP contribution in [-0.2, 0) is 13.1 Å². The molecule has 1 aliphatic rings. The Bertz CT molecular complexity index is 631. The summed E-state index contributed by atoms with van der Waals surface area (Å²) >= 11 is 1.79. The molecule has 3 heterocycles. The first-order chi connectivity index (χ1) is 11.1. The third-order valence-electron chi connectivity index (χ3n) is 4.26. The van der Waals surface area contributed by atoms with Gasteiger partial charge in [-0.05, 0) is 18.6 Å². The van der Waals surface area contributed by atoms with E-state index in [1.807, 2.05) is 32.6 Å². The van der Waals surface area contributed by atoms with Crippen LogP contribution < -0.4 is 4.90 Å². The second-order valence-corrected chi connectivity index (χ2v) is 7.42. The number of aryl methyl sites for hydroxylation is 1. The minimum absolute atomic E-state index is 0.964. The number of rotatable bonds is 5. The first-order valence-electron chi connectivity index (χ1n) is 8.09. The van der Waals surface area contributed by atoms with E-state index in [-0.39, 0.29) is 0 Å². The first kappa shape index (κ1) is 16.4. The van der Waals surface area contributed by atoms with Gasteiger partial charge in [0.1, 0.15) is 0 Å². The number of anilines is 1. The summed E-state index contributed by atoms with van der Waals surface area (Å²) < 4.78 is 0. The molecule has 124 valence electrons. The molecule has 0 aliphatic carbocycles. The van der Waals surface area contributed by atoms with Crippen molar-refractivity contribution >= 4 is 16.5 Å². The average Bonchev–Trinajstić information content (AvgIpc) is 3.00. The molecule has 3 rings (SSSR count). The van der Waals surface area contributed by atoms with Crippen molar-refractivity contribution in [1.82, 2.24) is 19.8 Å². The summed E-state index contributed by atoms with van der Waals surface area (Å²) in [5, 5.41) is 1.09. The first-order valence-corrected chi connectivity index (χ1v) is 8.90. The number of nitrogens with zero attached hydrogens (tertiary/aromatic N) is 5. The van der Waals surface area contributed by atoms with Crippen molar-refractivity contribution in [1.29, 1.82) is 0 Å². The summed E-state index contributed by atoms with van der Waals surface area (Å²) in [7, 11) is 4.09. The Hall–Kier alpha value is -1.50. The molecule has 1 aliphatic heterocycles. The summed E-state index contributed by atoms with van der Waals surface area (Å²) in [6, 6.07) is 4.15. The molecule has 0 spiro atoms. The van der Waals surface area contributed by atoms with Crippen molar-refractivity contribution in [3.05, 3.63) is 40.7 Å². The molecule has 0 saturated carbocycles. The third-order valence-corrected chi connectivity index (χ3v) is 5.41. The maximum Gasteiger partial charge on any atom is 0.185 e. The summed E-state index contributed by atoms with van der Waals surface area (Å²) in [6.45, 7) is 8.56. The Morgan fingerprint density at radius 2 is 1.78 bits per heavy atom. The van der Waals surface area contributed by atoms with Crippen LogP contribution in [-0.4, -0.2) is 60.0 Å². The van der Waals surface area contributed by atoms with Gasteiger partial charge in [0, 0.05) is 70.6 Å². The van der Waals surface area contributed by atoms with Gasteiger partial charge in [-0.2, -0.15) is 0 Å². The van der Waals surface area contributed by atoms with Gasteiger partial charge in [-0.1, -0.05) is 6.07 Å². The molecule has 1 fully saturated rings. The van der Waals surface area contributed by atoms with Crippen LogP contribution in [0.1, 0.15) is 16.1 Å². The predicted molar refractivity (Wildman–Crippen MR) is 96.0 cm³/mol. The Kier molecular flexibility index (Phi) is 5.25. The topological polar surface area (TPSA) is 35.5 Å². The molecular weight excluding hydrogens is 306 g/mol. The van der Waals surface area contributed by atoms with E-state index in [9.17, 15) is 0 Å². The van der Waals surface area contributed by atoms with Crippen molar-refractivity contribution in [2.75, 3.05) is 45.2 Å². The number of aromatic nitrogens is 2. The van der Waals surface area contributed by atoms with E-state index in [2.05, 4.69) is 37.7 Å². The number of hydrogen-bond donors (Lipinski definition) is 0. The van der Waals surface area contributed by atoms with E-state index < -0.39 is 0 Å². The molecule has 23 heavy (non-hydrogen) atoms. The molecule has 0 bridgehead atoms. The van der Waals surface area contributed by atoms with E-state index in [4.69, 9.17) is 0 Å². The maximum atomic E-state index is 4.51. The lowest BCUT2D eigenvalue weighted by molar-refractivity contribution is 0.121. The molecule has 2 aromatic heterocycles. The van der Waals surface area contributed by atoms with Crippen molar-refractivity contribution < 1.29 is 0 Å². The van der Waals surface area contributed by atoms with Gasteiger partial charge in [-0.25, -0.2) is 4.98 Å². The highest BCUT2D eigenvalue weighted by Gasteiger charge is 2.18. The van der Waals surface area contributed by atoms with Crippen LogP contribution >= 0.6 is 11.3 Å². The standard InChI is InChI=1S/C17H25N5S/c1-14-5-4-6-18-16(14)13-22-9-7-21(8-10-22)12-15-11-19-17(23-15)20(2)3/h4-6,11H,7-10,12-13H2,1-3H3. The molecule has 1 saturated heterocycles. The summed E-state index contributed by atoms with van der Waals surface area (Å²) in [6.07, 6.45) is 3.91. The van der Waals surface area contributed by atoms with Gasteiger partial charge >= 0.3 is 0 Å². The lowest BCUT2D eigenvalue weighted by atomic mass is 10.2. The van der Waals surface area contributed by atoms with E-state index in [0.717, 1.165) is 44.4 Å². The Balaban J connectivity index is 1.49. The lowest BCUT2D eigenvalue weighted by Crippen LogP contribution is -2.45.